The van der Waals surface area contributed by atoms with Gasteiger partial charge in [-0.1, -0.05) is 30.3 Å². The maximum Gasteiger partial charge on any atom is 0.416 e. The third-order valence-corrected chi connectivity index (χ3v) is 5.29. The Balaban J connectivity index is 1.66. The molecular weight excluding hydrogens is 411 g/mol. The normalized spacial score (nSPS) is 17.3. The molecule has 0 saturated heterocycles. The van der Waals surface area contributed by atoms with E-state index in [1.165, 1.54) is 17.0 Å². The van der Waals surface area contributed by atoms with Crippen LogP contribution in [0.4, 0.5) is 13.2 Å². The predicted octanol–water partition coefficient (Wildman–Crippen LogP) is 4.34. The molecule has 0 unspecified atom stereocenters. The van der Waals surface area contributed by atoms with E-state index in [9.17, 15) is 22.8 Å². The minimum Gasteiger partial charge on any atom is -0.455 e. The highest BCUT2D eigenvalue weighted by Gasteiger charge is 2.37. The highest BCUT2D eigenvalue weighted by atomic mass is 19.4. The highest BCUT2D eigenvalue weighted by Crippen LogP contribution is 2.32. The van der Waals surface area contributed by atoms with Gasteiger partial charge in [-0.25, -0.2) is 4.90 Å². The molecular formula is C22H18F3N3O3. The Bertz CT molecular complexity index is 1170. The maximum absolute atomic E-state index is 13.0. The molecule has 31 heavy (non-hydrogen) atoms. The van der Waals surface area contributed by atoms with Crippen molar-refractivity contribution in [1.29, 1.82) is 0 Å². The summed E-state index contributed by atoms with van der Waals surface area (Å²) < 4.78 is 44.5. The van der Waals surface area contributed by atoms with Gasteiger partial charge in [0.05, 0.1) is 12.1 Å². The number of aromatic amines is 1. The monoisotopic (exact) mass is 429 g/mol. The number of aliphatic imine (C=N–C) groups is 1. The summed E-state index contributed by atoms with van der Waals surface area (Å²) >= 11 is 0. The van der Waals surface area contributed by atoms with Crippen molar-refractivity contribution in [3.63, 3.8) is 0 Å². The van der Waals surface area contributed by atoms with Gasteiger partial charge in [-0.05, 0) is 30.7 Å². The molecule has 1 N–H and O–H groups in total. The molecule has 160 valence electrons. The van der Waals surface area contributed by atoms with E-state index < -0.39 is 35.7 Å². The number of alkyl halides is 3. The van der Waals surface area contributed by atoms with Gasteiger partial charge >= 0.3 is 12.1 Å². The van der Waals surface area contributed by atoms with E-state index in [1.807, 2.05) is 24.3 Å². The molecule has 1 aliphatic rings. The number of amides is 1. The van der Waals surface area contributed by atoms with Crippen molar-refractivity contribution in [2.45, 2.75) is 25.4 Å². The predicted molar refractivity (Wildman–Crippen MR) is 108 cm³/mol. The molecule has 2 atom stereocenters. The third-order valence-electron chi connectivity index (χ3n) is 5.29. The quantitative estimate of drug-likeness (QED) is 0.592. The number of hydrogen-bond donors (Lipinski definition) is 1. The van der Waals surface area contributed by atoms with E-state index in [1.54, 1.807) is 13.1 Å². The number of nitrogens with one attached hydrogen (secondary N) is 1. The second kappa shape index (κ2) is 7.99. The Morgan fingerprint density at radius 3 is 2.71 bits per heavy atom. The topological polar surface area (TPSA) is 74.8 Å². The second-order valence-corrected chi connectivity index (χ2v) is 7.20. The molecule has 0 aliphatic carbocycles. The molecule has 1 aliphatic heterocycles. The fourth-order valence-corrected chi connectivity index (χ4v) is 3.65. The summed E-state index contributed by atoms with van der Waals surface area (Å²) in [4.78, 5) is 33.4. The summed E-state index contributed by atoms with van der Waals surface area (Å²) in [6.45, 7) is 1.46. The molecule has 4 rings (SSSR count). The first-order valence-corrected chi connectivity index (χ1v) is 9.50. The molecule has 1 aromatic heterocycles. The number of halogens is 3. The summed E-state index contributed by atoms with van der Waals surface area (Å²) in [6.07, 6.45) is -2.92. The van der Waals surface area contributed by atoms with E-state index in [0.29, 0.717) is 0 Å². The van der Waals surface area contributed by atoms with E-state index >= 15 is 0 Å². The van der Waals surface area contributed by atoms with Crippen molar-refractivity contribution in [3.05, 3.63) is 71.4 Å². The molecule has 0 spiro atoms. The largest absolute Gasteiger partial charge is 0.455 e. The fraction of sp³-hybridized carbons (Fsp3) is 0.227. The Kier molecular flexibility index (Phi) is 5.36. The van der Waals surface area contributed by atoms with Crippen molar-refractivity contribution >= 4 is 29.0 Å². The average molecular weight is 429 g/mol. The number of carbonyl (C=O) groups is 2. The number of carbonyl (C=O) groups excluding carboxylic acids is 2. The first-order valence-electron chi connectivity index (χ1n) is 9.50. The number of nitrogens with zero attached hydrogens (tertiary/aromatic N) is 2. The van der Waals surface area contributed by atoms with Gasteiger partial charge in [0, 0.05) is 28.7 Å². The minimum atomic E-state index is -4.56. The average Bonchev–Trinajstić information content (AvgIpc) is 3.37. The number of para-hydroxylation sites is 1. The van der Waals surface area contributed by atoms with Gasteiger partial charge in [-0.15, -0.1) is 0 Å². The summed E-state index contributed by atoms with van der Waals surface area (Å²) in [5.74, 6) is -1.15. The van der Waals surface area contributed by atoms with E-state index in [-0.39, 0.29) is 12.1 Å². The highest BCUT2D eigenvalue weighted by molar-refractivity contribution is 5.99. The first kappa shape index (κ1) is 20.8. The van der Waals surface area contributed by atoms with Crippen molar-refractivity contribution < 1.29 is 27.5 Å². The Hall–Kier alpha value is -3.46. The number of ketones is 1. The van der Waals surface area contributed by atoms with Crippen LogP contribution < -0.4 is 0 Å². The maximum atomic E-state index is 13.0. The van der Waals surface area contributed by atoms with Crippen LogP contribution in [0.1, 0.15) is 34.5 Å². The van der Waals surface area contributed by atoms with Crippen LogP contribution >= 0.6 is 0 Å². The molecule has 1 amide bonds. The van der Waals surface area contributed by atoms with Crippen LogP contribution in [0.2, 0.25) is 0 Å². The molecule has 0 bridgehead atoms. The lowest BCUT2D eigenvalue weighted by Gasteiger charge is -2.31. The number of H-pyrrole nitrogens is 1. The van der Waals surface area contributed by atoms with Gasteiger partial charge < -0.3 is 9.72 Å². The number of aromatic nitrogens is 1. The lowest BCUT2D eigenvalue weighted by molar-refractivity contribution is -0.137. The first-order chi connectivity index (χ1) is 14.8. The molecule has 9 heteroatoms. The lowest BCUT2D eigenvalue weighted by atomic mass is 10.0. The van der Waals surface area contributed by atoms with Crippen molar-refractivity contribution in [1.82, 2.24) is 9.88 Å². The summed E-state index contributed by atoms with van der Waals surface area (Å²) in [7, 11) is 0. The Morgan fingerprint density at radius 2 is 2.00 bits per heavy atom. The van der Waals surface area contributed by atoms with Crippen LogP contribution in [-0.2, 0) is 15.7 Å². The van der Waals surface area contributed by atoms with Gasteiger partial charge in [0.1, 0.15) is 0 Å². The van der Waals surface area contributed by atoms with Crippen LogP contribution in [0.3, 0.4) is 0 Å². The van der Waals surface area contributed by atoms with Crippen LogP contribution in [0, 0.1) is 0 Å². The van der Waals surface area contributed by atoms with E-state index in [0.717, 1.165) is 35.0 Å². The number of hydrogen-bond acceptors (Lipinski definition) is 4. The number of rotatable bonds is 6. The van der Waals surface area contributed by atoms with Gasteiger partial charge in [0.25, 0.3) is 0 Å². The molecule has 6 nitrogen and oxygen atoms in total. The van der Waals surface area contributed by atoms with E-state index in [4.69, 9.17) is 4.74 Å². The van der Waals surface area contributed by atoms with Gasteiger partial charge in [0.2, 0.25) is 6.23 Å². The Morgan fingerprint density at radius 1 is 1.23 bits per heavy atom. The van der Waals surface area contributed by atoms with E-state index in [2.05, 4.69) is 9.98 Å². The van der Waals surface area contributed by atoms with Crippen LogP contribution in [0.5, 0.6) is 0 Å². The van der Waals surface area contributed by atoms with Gasteiger partial charge in [-0.3, -0.25) is 9.59 Å². The van der Waals surface area contributed by atoms with Crippen LogP contribution in [0.15, 0.2) is 59.7 Å². The Labute approximate surface area is 175 Å². The molecule has 2 heterocycles. The number of fused-ring (bicyclic) bond motifs is 1. The zero-order valence-corrected chi connectivity index (χ0v) is 16.4. The number of Topliss-reactive ketones (excluding diaryl/α,β-unsaturated/α-hetero) is 1. The molecule has 0 saturated carbocycles. The van der Waals surface area contributed by atoms with Crippen LogP contribution in [-0.4, -0.2) is 40.7 Å². The minimum absolute atomic E-state index is 0.0997. The molecule has 2 aromatic carbocycles. The van der Waals surface area contributed by atoms with Crippen molar-refractivity contribution in [2.75, 3.05) is 6.54 Å². The van der Waals surface area contributed by atoms with Crippen LogP contribution in [0.25, 0.3) is 10.9 Å². The smallest absolute Gasteiger partial charge is 0.416 e. The molecule has 0 radical (unpaired) electrons. The van der Waals surface area contributed by atoms with Gasteiger partial charge in [-0.2, -0.15) is 18.2 Å². The van der Waals surface area contributed by atoms with Crippen molar-refractivity contribution in [2.24, 2.45) is 4.99 Å². The standard InChI is InChI=1S/C22H18F3N3O3/c1-13(17-10-26-18-8-3-2-7-16(17)18)28(21-20(30)27-12-31-21)11-19(29)14-5-4-6-15(9-14)22(23,24)25/h2-10,12-13,21,26H,11H2,1H3/t13-,21+/m1/s1. The zero-order valence-electron chi connectivity index (χ0n) is 16.4. The van der Waals surface area contributed by atoms with Gasteiger partial charge in [0.15, 0.2) is 12.2 Å². The lowest BCUT2D eigenvalue weighted by Crippen LogP contribution is -2.44. The SMILES string of the molecule is C[C@H](c1c[nH]c2ccccc12)N(CC(=O)c1cccc(C(F)(F)F)c1)[C@H]1OC=NC1=O. The summed E-state index contributed by atoms with van der Waals surface area (Å²) in [6, 6.07) is 11.3. The summed E-state index contributed by atoms with van der Waals surface area (Å²) in [5.41, 5.74) is 0.683. The second-order valence-electron chi connectivity index (χ2n) is 7.20. The molecule has 0 fully saturated rings. The fourth-order valence-electron chi connectivity index (χ4n) is 3.65. The summed E-state index contributed by atoms with van der Waals surface area (Å²) in [5, 5.41) is 0.901. The zero-order chi connectivity index (χ0) is 22.2. The number of benzene rings is 2. The molecule has 3 aromatic rings. The van der Waals surface area contributed by atoms with Crippen molar-refractivity contribution in [3.8, 4) is 0 Å². The third kappa shape index (κ3) is 4.09. The number of ether oxygens (including phenoxy) is 1.